The lowest BCUT2D eigenvalue weighted by Crippen LogP contribution is -2.48. The molecule has 0 radical (unpaired) electrons. The second-order valence-corrected chi connectivity index (χ2v) is 5.29. The predicted octanol–water partition coefficient (Wildman–Crippen LogP) is 1.34. The van der Waals surface area contributed by atoms with Gasteiger partial charge < -0.3 is 5.11 Å². The Morgan fingerprint density at radius 2 is 1.77 bits per heavy atom. The maximum Gasteiger partial charge on any atom is 0.0695 e. The highest BCUT2D eigenvalue weighted by atomic mass is 32.2. The van der Waals surface area contributed by atoms with Gasteiger partial charge in [-0.15, -0.1) is 0 Å². The monoisotopic (exact) mass is 201 g/mol. The Morgan fingerprint density at radius 3 is 2.46 bits per heavy atom. The molecule has 76 valence electrons. The summed E-state index contributed by atoms with van der Waals surface area (Å²) in [6.07, 6.45) is 4.73. The van der Waals surface area contributed by atoms with Crippen molar-refractivity contribution in [2.45, 2.75) is 37.8 Å². The SMILES string of the molecule is O[C@H]1CCCC[C@@H]1N1CCSCC1. The van der Waals surface area contributed by atoms with E-state index in [-0.39, 0.29) is 6.10 Å². The van der Waals surface area contributed by atoms with Crippen LogP contribution in [0.3, 0.4) is 0 Å². The van der Waals surface area contributed by atoms with E-state index in [0.29, 0.717) is 6.04 Å². The van der Waals surface area contributed by atoms with Gasteiger partial charge in [0.05, 0.1) is 6.10 Å². The Bertz CT molecular complexity index is 159. The lowest BCUT2D eigenvalue weighted by Gasteiger charge is -2.39. The first-order valence-electron chi connectivity index (χ1n) is 5.38. The highest BCUT2D eigenvalue weighted by Gasteiger charge is 2.29. The van der Waals surface area contributed by atoms with Crippen LogP contribution in [-0.4, -0.2) is 46.7 Å². The highest BCUT2D eigenvalue weighted by molar-refractivity contribution is 7.99. The number of nitrogens with zero attached hydrogens (tertiary/aromatic N) is 1. The molecule has 2 rings (SSSR count). The van der Waals surface area contributed by atoms with Crippen molar-refractivity contribution in [2.24, 2.45) is 0 Å². The van der Waals surface area contributed by atoms with Crippen LogP contribution in [0.5, 0.6) is 0 Å². The third-order valence-electron chi connectivity index (χ3n) is 3.21. The van der Waals surface area contributed by atoms with E-state index < -0.39 is 0 Å². The van der Waals surface area contributed by atoms with Crippen molar-refractivity contribution in [1.29, 1.82) is 0 Å². The smallest absolute Gasteiger partial charge is 0.0695 e. The van der Waals surface area contributed by atoms with Gasteiger partial charge in [0.15, 0.2) is 0 Å². The molecule has 0 unspecified atom stereocenters. The van der Waals surface area contributed by atoms with E-state index in [1.165, 1.54) is 43.9 Å². The summed E-state index contributed by atoms with van der Waals surface area (Å²) in [5.41, 5.74) is 0. The molecule has 2 fully saturated rings. The molecule has 13 heavy (non-hydrogen) atoms. The van der Waals surface area contributed by atoms with Crippen molar-refractivity contribution in [1.82, 2.24) is 4.90 Å². The Balaban J connectivity index is 1.88. The van der Waals surface area contributed by atoms with Crippen LogP contribution in [0.4, 0.5) is 0 Å². The summed E-state index contributed by atoms with van der Waals surface area (Å²) in [5.74, 6) is 2.51. The zero-order valence-corrected chi connectivity index (χ0v) is 8.93. The summed E-state index contributed by atoms with van der Waals surface area (Å²) in [5, 5.41) is 9.87. The Kier molecular flexibility index (Phi) is 3.52. The third-order valence-corrected chi connectivity index (χ3v) is 4.15. The topological polar surface area (TPSA) is 23.5 Å². The van der Waals surface area contributed by atoms with Gasteiger partial charge in [-0.25, -0.2) is 0 Å². The third kappa shape index (κ3) is 2.39. The summed E-state index contributed by atoms with van der Waals surface area (Å²) in [7, 11) is 0. The Morgan fingerprint density at radius 1 is 1.08 bits per heavy atom. The van der Waals surface area contributed by atoms with Crippen LogP contribution in [0, 0.1) is 0 Å². The van der Waals surface area contributed by atoms with Gasteiger partial charge in [0.1, 0.15) is 0 Å². The summed E-state index contributed by atoms with van der Waals surface area (Å²) < 4.78 is 0. The average Bonchev–Trinajstić information content (AvgIpc) is 2.20. The van der Waals surface area contributed by atoms with Gasteiger partial charge in [-0.3, -0.25) is 4.90 Å². The largest absolute Gasteiger partial charge is 0.391 e. The van der Waals surface area contributed by atoms with Gasteiger partial charge in [0.25, 0.3) is 0 Å². The molecule has 0 bridgehead atoms. The standard InChI is InChI=1S/C10H19NOS/c12-10-4-2-1-3-9(10)11-5-7-13-8-6-11/h9-10,12H,1-8H2/t9-,10-/m0/s1. The average molecular weight is 201 g/mol. The van der Waals surface area contributed by atoms with Crippen LogP contribution < -0.4 is 0 Å². The molecule has 1 heterocycles. The number of aliphatic hydroxyl groups is 1. The van der Waals surface area contributed by atoms with Crippen LogP contribution in [0.15, 0.2) is 0 Å². The molecule has 0 amide bonds. The number of hydrogen-bond acceptors (Lipinski definition) is 3. The fourth-order valence-corrected chi connectivity index (χ4v) is 3.36. The first-order valence-corrected chi connectivity index (χ1v) is 6.53. The second kappa shape index (κ2) is 4.67. The van der Waals surface area contributed by atoms with Crippen LogP contribution in [0.2, 0.25) is 0 Å². The number of thioether (sulfide) groups is 1. The van der Waals surface area contributed by atoms with E-state index in [9.17, 15) is 5.11 Å². The van der Waals surface area contributed by atoms with Crippen molar-refractivity contribution < 1.29 is 5.11 Å². The summed E-state index contributed by atoms with van der Waals surface area (Å²) >= 11 is 2.04. The van der Waals surface area contributed by atoms with E-state index >= 15 is 0 Å². The molecule has 1 saturated carbocycles. The molecule has 2 atom stereocenters. The minimum absolute atomic E-state index is 0.0446. The second-order valence-electron chi connectivity index (χ2n) is 4.07. The van der Waals surface area contributed by atoms with E-state index in [0.717, 1.165) is 6.42 Å². The van der Waals surface area contributed by atoms with Gasteiger partial charge in [-0.05, 0) is 12.8 Å². The fourth-order valence-electron chi connectivity index (χ4n) is 2.43. The van der Waals surface area contributed by atoms with Gasteiger partial charge in [-0.2, -0.15) is 11.8 Å². The van der Waals surface area contributed by atoms with E-state index in [1.807, 2.05) is 11.8 Å². The van der Waals surface area contributed by atoms with Gasteiger partial charge in [0.2, 0.25) is 0 Å². The van der Waals surface area contributed by atoms with Crippen LogP contribution >= 0.6 is 11.8 Å². The quantitative estimate of drug-likeness (QED) is 0.692. The molecule has 1 N–H and O–H groups in total. The molecular weight excluding hydrogens is 182 g/mol. The minimum Gasteiger partial charge on any atom is -0.391 e. The van der Waals surface area contributed by atoms with Gasteiger partial charge in [-0.1, -0.05) is 12.8 Å². The highest BCUT2D eigenvalue weighted by Crippen LogP contribution is 2.25. The molecule has 2 nitrogen and oxygen atoms in total. The normalized spacial score (nSPS) is 37.6. The van der Waals surface area contributed by atoms with Crippen molar-refractivity contribution >= 4 is 11.8 Å². The first kappa shape index (κ1) is 9.81. The lowest BCUT2D eigenvalue weighted by atomic mass is 9.91. The first-order chi connectivity index (χ1) is 6.38. The van der Waals surface area contributed by atoms with Crippen molar-refractivity contribution in [3.8, 4) is 0 Å². The molecule has 2 aliphatic rings. The maximum absolute atomic E-state index is 9.87. The molecule has 0 spiro atoms. The minimum atomic E-state index is -0.0446. The molecule has 1 aliphatic heterocycles. The van der Waals surface area contributed by atoms with Crippen molar-refractivity contribution in [2.75, 3.05) is 24.6 Å². The Labute approximate surface area is 84.7 Å². The van der Waals surface area contributed by atoms with Crippen LogP contribution in [0.1, 0.15) is 25.7 Å². The van der Waals surface area contributed by atoms with Crippen molar-refractivity contribution in [3.63, 3.8) is 0 Å². The number of rotatable bonds is 1. The molecular formula is C10H19NOS. The van der Waals surface area contributed by atoms with E-state index in [2.05, 4.69) is 4.90 Å². The molecule has 3 heteroatoms. The summed E-state index contributed by atoms with van der Waals surface area (Å²) in [6, 6.07) is 0.481. The molecule has 1 aliphatic carbocycles. The van der Waals surface area contributed by atoms with E-state index in [1.54, 1.807) is 0 Å². The molecule has 1 saturated heterocycles. The summed E-state index contributed by atoms with van der Waals surface area (Å²) in [4.78, 5) is 2.50. The van der Waals surface area contributed by atoms with Crippen molar-refractivity contribution in [3.05, 3.63) is 0 Å². The zero-order valence-electron chi connectivity index (χ0n) is 8.11. The van der Waals surface area contributed by atoms with Crippen LogP contribution in [-0.2, 0) is 0 Å². The lowest BCUT2D eigenvalue weighted by molar-refractivity contribution is 0.0245. The molecule has 0 aromatic carbocycles. The number of aliphatic hydroxyl groups excluding tert-OH is 1. The van der Waals surface area contributed by atoms with Crippen LogP contribution in [0.25, 0.3) is 0 Å². The van der Waals surface area contributed by atoms with Gasteiger partial charge >= 0.3 is 0 Å². The summed E-state index contributed by atoms with van der Waals surface area (Å²) in [6.45, 7) is 2.37. The zero-order chi connectivity index (χ0) is 9.10. The maximum atomic E-state index is 9.87. The molecule has 0 aromatic heterocycles. The number of hydrogen-bond donors (Lipinski definition) is 1. The molecule has 0 aromatic rings. The van der Waals surface area contributed by atoms with E-state index in [4.69, 9.17) is 0 Å². The Hall–Kier alpha value is 0.270. The predicted molar refractivity (Wildman–Crippen MR) is 57.2 cm³/mol. The van der Waals surface area contributed by atoms with Gasteiger partial charge in [0, 0.05) is 30.6 Å². The fraction of sp³-hybridized carbons (Fsp3) is 1.00.